The molecule has 2 N–H and O–H groups in total. The predicted octanol–water partition coefficient (Wildman–Crippen LogP) is 5.30. The molecule has 3 aromatic carbocycles. The molecule has 152 valence electrons. The maximum absolute atomic E-state index is 11.9. The van der Waals surface area contributed by atoms with Gasteiger partial charge in [-0.05, 0) is 61.0 Å². The van der Waals surface area contributed by atoms with Gasteiger partial charge >= 0.3 is 0 Å². The number of amides is 1. The van der Waals surface area contributed by atoms with Crippen LogP contribution in [0, 0.1) is 6.92 Å². The Bertz CT molecular complexity index is 1080. The Balaban J connectivity index is 1.56. The van der Waals surface area contributed by atoms with Crippen molar-refractivity contribution in [1.82, 2.24) is 5.43 Å². The molecule has 0 unspecified atom stereocenters. The minimum Gasteiger partial charge on any atom is -0.507 e. The smallest absolute Gasteiger partial charge is 0.277 e. The number of halogens is 1. The van der Waals surface area contributed by atoms with E-state index < -0.39 is 5.91 Å². The van der Waals surface area contributed by atoms with Crippen molar-refractivity contribution in [2.45, 2.75) is 6.92 Å². The molecule has 0 bridgehead atoms. The molecule has 0 aromatic heterocycles. The van der Waals surface area contributed by atoms with E-state index in [9.17, 15) is 9.90 Å². The van der Waals surface area contributed by atoms with Crippen molar-refractivity contribution in [3.63, 3.8) is 0 Å². The lowest BCUT2D eigenvalue weighted by atomic mass is 10.2. The number of carbonyl (C=O) groups excluding carboxylic acids is 1. The zero-order valence-electron chi connectivity index (χ0n) is 16.1. The lowest BCUT2D eigenvalue weighted by Crippen LogP contribution is -2.24. The monoisotopic (exact) mass is 422 g/mol. The molecule has 0 heterocycles. The van der Waals surface area contributed by atoms with E-state index in [0.717, 1.165) is 5.56 Å². The minimum absolute atomic E-state index is 0.000417. The lowest BCUT2D eigenvalue weighted by molar-refractivity contribution is -0.123. The van der Waals surface area contributed by atoms with Gasteiger partial charge in [0.05, 0.1) is 17.6 Å². The number of carbonyl (C=O) groups is 1. The third-order valence-corrected chi connectivity index (χ3v) is 4.36. The van der Waals surface area contributed by atoms with Crippen LogP contribution in [-0.4, -0.2) is 23.8 Å². The molecule has 7 nitrogen and oxygen atoms in total. The van der Waals surface area contributed by atoms with Gasteiger partial charge < -0.3 is 9.84 Å². The Morgan fingerprint density at radius 3 is 2.60 bits per heavy atom. The normalized spacial score (nSPS) is 11.1. The molecule has 0 aliphatic carbocycles. The van der Waals surface area contributed by atoms with Crippen LogP contribution in [0.25, 0.3) is 0 Å². The molecule has 0 fully saturated rings. The van der Waals surface area contributed by atoms with Crippen molar-refractivity contribution in [1.29, 1.82) is 0 Å². The number of hydrogen-bond acceptors (Lipinski definition) is 6. The first kappa shape index (κ1) is 21.0. The standard InChI is InChI=1S/C22H19ClN4O3/c1-15-11-19(8-9-20(15)23)30-14-22(29)27-24-13-16-12-18(7-10-21(16)28)26-25-17-5-3-2-4-6-17/h2-13,28H,14H2,1H3,(H,27,29). The first-order chi connectivity index (χ1) is 14.5. The summed E-state index contributed by atoms with van der Waals surface area (Å²) in [6, 6.07) is 19.1. The predicted molar refractivity (Wildman–Crippen MR) is 116 cm³/mol. The van der Waals surface area contributed by atoms with Gasteiger partial charge in [0.25, 0.3) is 5.91 Å². The molecular weight excluding hydrogens is 404 g/mol. The van der Waals surface area contributed by atoms with Crippen LogP contribution in [-0.2, 0) is 4.79 Å². The van der Waals surface area contributed by atoms with Gasteiger partial charge in [-0.15, -0.1) is 0 Å². The van der Waals surface area contributed by atoms with Crippen molar-refractivity contribution in [3.05, 3.63) is 82.9 Å². The SMILES string of the molecule is Cc1cc(OCC(=O)NN=Cc2cc(N=Nc3ccccc3)ccc2O)ccc1Cl. The zero-order chi connectivity index (χ0) is 21.3. The number of benzene rings is 3. The largest absolute Gasteiger partial charge is 0.507 e. The van der Waals surface area contributed by atoms with Gasteiger partial charge in [-0.1, -0.05) is 29.8 Å². The fourth-order valence-corrected chi connectivity index (χ4v) is 2.50. The van der Waals surface area contributed by atoms with Crippen LogP contribution in [0.15, 0.2) is 82.1 Å². The topological polar surface area (TPSA) is 95.6 Å². The zero-order valence-corrected chi connectivity index (χ0v) is 16.9. The highest BCUT2D eigenvalue weighted by atomic mass is 35.5. The van der Waals surface area contributed by atoms with Crippen molar-refractivity contribution in [2.24, 2.45) is 15.3 Å². The van der Waals surface area contributed by atoms with Crippen LogP contribution in [0.1, 0.15) is 11.1 Å². The average molecular weight is 423 g/mol. The summed E-state index contributed by atoms with van der Waals surface area (Å²) in [6.45, 7) is 1.63. The van der Waals surface area contributed by atoms with Gasteiger partial charge in [-0.3, -0.25) is 4.79 Å². The number of hydrazone groups is 1. The van der Waals surface area contributed by atoms with Crippen LogP contribution in [0.2, 0.25) is 5.02 Å². The second-order valence-corrected chi connectivity index (χ2v) is 6.68. The van der Waals surface area contributed by atoms with Crippen LogP contribution in [0.4, 0.5) is 11.4 Å². The molecule has 1 amide bonds. The first-order valence-corrected chi connectivity index (χ1v) is 9.40. The summed E-state index contributed by atoms with van der Waals surface area (Å²) in [5, 5.41) is 22.7. The number of nitrogens with zero attached hydrogens (tertiary/aromatic N) is 3. The summed E-state index contributed by atoms with van der Waals surface area (Å²) in [6.07, 6.45) is 1.32. The second-order valence-electron chi connectivity index (χ2n) is 6.27. The molecular formula is C22H19ClN4O3. The van der Waals surface area contributed by atoms with E-state index in [0.29, 0.717) is 27.7 Å². The number of phenolic OH excluding ortho intramolecular Hbond substituents is 1. The van der Waals surface area contributed by atoms with Crippen molar-refractivity contribution >= 4 is 35.1 Å². The molecule has 0 atom stereocenters. The molecule has 30 heavy (non-hydrogen) atoms. The Kier molecular flexibility index (Phi) is 7.13. The molecule has 0 aliphatic rings. The third kappa shape index (κ3) is 6.15. The number of aromatic hydroxyl groups is 1. The number of hydrogen-bond donors (Lipinski definition) is 2. The maximum atomic E-state index is 11.9. The first-order valence-electron chi connectivity index (χ1n) is 9.02. The molecule has 3 aromatic rings. The molecule has 0 spiro atoms. The van der Waals surface area contributed by atoms with E-state index in [-0.39, 0.29) is 12.4 Å². The maximum Gasteiger partial charge on any atom is 0.277 e. The van der Waals surface area contributed by atoms with Gasteiger partial charge in [-0.2, -0.15) is 15.3 Å². The Labute approximate surface area is 178 Å². The highest BCUT2D eigenvalue weighted by Gasteiger charge is 2.04. The van der Waals surface area contributed by atoms with Crippen molar-refractivity contribution < 1.29 is 14.6 Å². The Morgan fingerprint density at radius 1 is 1.07 bits per heavy atom. The summed E-state index contributed by atoms with van der Waals surface area (Å²) in [5.74, 6) is 0.0861. The fraction of sp³-hybridized carbons (Fsp3) is 0.0909. The van der Waals surface area contributed by atoms with E-state index in [1.165, 1.54) is 12.3 Å². The highest BCUT2D eigenvalue weighted by molar-refractivity contribution is 6.31. The number of ether oxygens (including phenoxy) is 1. The van der Waals surface area contributed by atoms with Gasteiger partial charge in [0.2, 0.25) is 0 Å². The Morgan fingerprint density at radius 2 is 1.83 bits per heavy atom. The number of azo groups is 1. The van der Waals surface area contributed by atoms with Crippen LogP contribution >= 0.6 is 11.6 Å². The Hall–Kier alpha value is -3.71. The molecule has 0 radical (unpaired) electrons. The second kappa shape index (κ2) is 10.2. The van der Waals surface area contributed by atoms with Crippen molar-refractivity contribution in [3.8, 4) is 11.5 Å². The lowest BCUT2D eigenvalue weighted by Gasteiger charge is -2.06. The number of nitrogens with one attached hydrogen (secondary N) is 1. The molecule has 0 saturated heterocycles. The van der Waals surface area contributed by atoms with Gasteiger partial charge in [0.15, 0.2) is 6.61 Å². The quantitative estimate of drug-likeness (QED) is 0.307. The summed E-state index contributed by atoms with van der Waals surface area (Å²) < 4.78 is 5.40. The minimum atomic E-state index is -0.446. The third-order valence-electron chi connectivity index (χ3n) is 3.94. The van der Waals surface area contributed by atoms with Crippen LogP contribution in [0.5, 0.6) is 11.5 Å². The average Bonchev–Trinajstić information content (AvgIpc) is 2.75. The summed E-state index contributed by atoms with van der Waals surface area (Å²) in [7, 11) is 0. The summed E-state index contributed by atoms with van der Waals surface area (Å²) in [5.41, 5.74) is 4.83. The van der Waals surface area contributed by atoms with E-state index in [1.807, 2.05) is 37.3 Å². The van der Waals surface area contributed by atoms with Gasteiger partial charge in [0.1, 0.15) is 11.5 Å². The highest BCUT2D eigenvalue weighted by Crippen LogP contribution is 2.24. The fourth-order valence-electron chi connectivity index (χ4n) is 2.38. The summed E-state index contributed by atoms with van der Waals surface area (Å²) >= 11 is 5.96. The van der Waals surface area contributed by atoms with E-state index in [4.69, 9.17) is 16.3 Å². The van der Waals surface area contributed by atoms with E-state index >= 15 is 0 Å². The number of aryl methyl sites for hydroxylation is 1. The van der Waals surface area contributed by atoms with Crippen LogP contribution in [0.3, 0.4) is 0 Å². The number of phenols is 1. The summed E-state index contributed by atoms with van der Waals surface area (Å²) in [4.78, 5) is 11.9. The van der Waals surface area contributed by atoms with Crippen molar-refractivity contribution in [2.75, 3.05) is 6.61 Å². The van der Waals surface area contributed by atoms with E-state index in [1.54, 1.807) is 30.3 Å². The van der Waals surface area contributed by atoms with E-state index in [2.05, 4.69) is 20.8 Å². The molecule has 0 saturated carbocycles. The van der Waals surface area contributed by atoms with Gasteiger partial charge in [-0.25, -0.2) is 5.43 Å². The van der Waals surface area contributed by atoms with Gasteiger partial charge in [0, 0.05) is 10.6 Å². The molecule has 3 rings (SSSR count). The molecule has 0 aliphatic heterocycles. The number of rotatable bonds is 7. The van der Waals surface area contributed by atoms with Crippen LogP contribution < -0.4 is 10.2 Å². The molecule has 8 heteroatoms.